The van der Waals surface area contributed by atoms with Gasteiger partial charge in [0.25, 0.3) is 5.69 Å². The second-order valence-corrected chi connectivity index (χ2v) is 9.19. The van der Waals surface area contributed by atoms with Crippen molar-refractivity contribution in [3.8, 4) is 5.75 Å². The van der Waals surface area contributed by atoms with E-state index in [9.17, 15) is 20.0 Å². The maximum Gasteiger partial charge on any atom is 0.270 e. The predicted octanol–water partition coefficient (Wildman–Crippen LogP) is 2.99. The Balaban J connectivity index is 1.95. The largest absolute Gasteiger partial charge is 0.479 e. The quantitative estimate of drug-likeness (QED) is 0.334. The number of nitro groups is 1. The van der Waals surface area contributed by atoms with E-state index in [1.807, 2.05) is 6.92 Å². The molecular weight excluding hydrogens is 478 g/mol. The highest BCUT2D eigenvalue weighted by Crippen LogP contribution is 2.50. The Morgan fingerprint density at radius 2 is 2.06 bits per heavy atom. The van der Waals surface area contributed by atoms with Crippen molar-refractivity contribution in [1.82, 2.24) is 5.32 Å². The number of hydrogen-bond donors (Lipinski definition) is 2. The van der Waals surface area contributed by atoms with Crippen LogP contribution >= 0.6 is 11.6 Å². The van der Waals surface area contributed by atoms with Crippen LogP contribution in [0.15, 0.2) is 36.4 Å². The van der Waals surface area contributed by atoms with Crippen LogP contribution in [0.1, 0.15) is 31.0 Å². The molecule has 2 aromatic rings. The summed E-state index contributed by atoms with van der Waals surface area (Å²) in [5.41, 5.74) is 0.345. The van der Waals surface area contributed by atoms with Crippen LogP contribution in [-0.2, 0) is 20.7 Å². The van der Waals surface area contributed by atoms with Crippen molar-refractivity contribution in [1.29, 1.82) is 0 Å². The van der Waals surface area contributed by atoms with E-state index in [1.165, 1.54) is 32.4 Å². The van der Waals surface area contributed by atoms with Gasteiger partial charge in [-0.2, -0.15) is 0 Å². The summed E-state index contributed by atoms with van der Waals surface area (Å²) in [5, 5.41) is 26.8. The van der Waals surface area contributed by atoms with E-state index in [4.69, 9.17) is 25.8 Å². The molecule has 1 amide bonds. The number of rotatable bonds is 7. The molecule has 0 radical (unpaired) electrons. The van der Waals surface area contributed by atoms with Crippen molar-refractivity contribution < 1.29 is 29.0 Å². The fraction of sp³-hybridized carbons (Fsp3) is 0.458. The molecule has 35 heavy (non-hydrogen) atoms. The Morgan fingerprint density at radius 1 is 1.34 bits per heavy atom. The normalized spacial score (nSPS) is 25.1. The van der Waals surface area contributed by atoms with Gasteiger partial charge in [-0.25, -0.2) is 0 Å². The molecule has 0 spiro atoms. The van der Waals surface area contributed by atoms with Crippen LogP contribution in [-0.4, -0.2) is 60.7 Å². The fourth-order valence-corrected chi connectivity index (χ4v) is 5.30. The van der Waals surface area contributed by atoms with Gasteiger partial charge in [-0.3, -0.25) is 14.9 Å². The van der Waals surface area contributed by atoms with Gasteiger partial charge in [0.1, 0.15) is 17.9 Å². The number of anilines is 1. The average molecular weight is 506 g/mol. The number of ether oxygens (including phenoxy) is 3. The van der Waals surface area contributed by atoms with Gasteiger partial charge in [-0.1, -0.05) is 11.6 Å². The minimum atomic E-state index is -1.40. The fourth-order valence-electron chi connectivity index (χ4n) is 5.11. The number of nitro benzene ring substituents is 1. The van der Waals surface area contributed by atoms with Crippen LogP contribution in [0.4, 0.5) is 11.4 Å². The number of nitrogens with zero attached hydrogens (tertiary/aromatic N) is 2. The number of aliphatic hydroxyl groups excluding tert-OH is 1. The zero-order chi connectivity index (χ0) is 25.5. The molecule has 2 N–H and O–H groups in total. The van der Waals surface area contributed by atoms with Crippen molar-refractivity contribution in [3.63, 3.8) is 0 Å². The lowest BCUT2D eigenvalue weighted by atomic mass is 9.83. The van der Waals surface area contributed by atoms with Gasteiger partial charge in [0.15, 0.2) is 11.9 Å². The molecular formula is C24H28ClN3O7. The molecule has 0 bridgehead atoms. The number of hydrogen-bond acceptors (Lipinski definition) is 8. The summed E-state index contributed by atoms with van der Waals surface area (Å²) in [5.74, 6) is 0.0896. The first-order valence-corrected chi connectivity index (χ1v) is 11.6. The Kier molecular flexibility index (Phi) is 6.92. The zero-order valence-corrected chi connectivity index (χ0v) is 20.6. The van der Waals surface area contributed by atoms with Crippen LogP contribution in [0.3, 0.4) is 0 Å². The molecule has 2 aliphatic heterocycles. The Bertz CT molecular complexity index is 1140. The number of halogens is 1. The topological polar surface area (TPSA) is 123 Å². The van der Waals surface area contributed by atoms with Gasteiger partial charge < -0.3 is 29.5 Å². The molecule has 188 valence electrons. The van der Waals surface area contributed by atoms with Crippen LogP contribution in [0.25, 0.3) is 0 Å². The molecule has 11 heteroatoms. The lowest BCUT2D eigenvalue weighted by Crippen LogP contribution is -2.63. The Hall–Kier alpha value is -2.92. The van der Waals surface area contributed by atoms with Crippen LogP contribution < -0.4 is 15.0 Å². The SMILES string of the molecule is CCNC(=O)[C@@H]1Cc2cc(Cl)ccc2N1[C@H]1c2cc([N+](=O)[O-])ccc2O[C@](C)(C(OC)OC)[C@@H]1O. The summed E-state index contributed by atoms with van der Waals surface area (Å²) >= 11 is 6.24. The minimum absolute atomic E-state index is 0.159. The van der Waals surface area contributed by atoms with E-state index < -0.39 is 35.0 Å². The molecule has 4 atom stereocenters. The van der Waals surface area contributed by atoms with Crippen LogP contribution in [0.5, 0.6) is 5.75 Å². The number of aliphatic hydroxyl groups is 1. The molecule has 0 unspecified atom stereocenters. The number of carbonyl (C=O) groups is 1. The summed E-state index contributed by atoms with van der Waals surface area (Å²) in [4.78, 5) is 26.1. The van der Waals surface area contributed by atoms with Gasteiger partial charge in [0.05, 0.1) is 11.0 Å². The number of likely N-dealkylation sites (N-methyl/N-ethyl adjacent to an activating group) is 1. The van der Waals surface area contributed by atoms with E-state index in [-0.39, 0.29) is 11.6 Å². The van der Waals surface area contributed by atoms with Gasteiger partial charge in [-0.15, -0.1) is 0 Å². The summed E-state index contributed by atoms with van der Waals surface area (Å²) < 4.78 is 17.1. The first-order chi connectivity index (χ1) is 16.7. The van der Waals surface area contributed by atoms with E-state index in [2.05, 4.69) is 5.32 Å². The highest BCUT2D eigenvalue weighted by molar-refractivity contribution is 6.30. The van der Waals surface area contributed by atoms with Gasteiger partial charge in [-0.05, 0) is 43.7 Å². The lowest BCUT2D eigenvalue weighted by Gasteiger charge is -2.50. The van der Waals surface area contributed by atoms with Crippen molar-refractivity contribution in [2.24, 2.45) is 0 Å². The minimum Gasteiger partial charge on any atom is -0.479 e. The Labute approximate surface area is 207 Å². The molecule has 4 rings (SSSR count). The van der Waals surface area contributed by atoms with Crippen molar-refractivity contribution in [2.45, 2.75) is 50.3 Å². The smallest absolute Gasteiger partial charge is 0.270 e. The second kappa shape index (κ2) is 9.62. The number of fused-ring (bicyclic) bond motifs is 2. The monoisotopic (exact) mass is 505 g/mol. The Morgan fingerprint density at radius 3 is 2.69 bits per heavy atom. The summed E-state index contributed by atoms with van der Waals surface area (Å²) in [6, 6.07) is 7.90. The number of methoxy groups -OCH3 is 2. The summed E-state index contributed by atoms with van der Waals surface area (Å²) in [6.45, 7) is 3.89. The number of nitrogens with one attached hydrogen (secondary N) is 1. The van der Waals surface area contributed by atoms with Gasteiger partial charge >= 0.3 is 0 Å². The maximum absolute atomic E-state index is 13.2. The van der Waals surface area contributed by atoms with Gasteiger partial charge in [0.2, 0.25) is 5.91 Å². The molecule has 0 saturated carbocycles. The third kappa shape index (κ3) is 4.20. The lowest BCUT2D eigenvalue weighted by molar-refractivity contribution is -0.385. The highest BCUT2D eigenvalue weighted by atomic mass is 35.5. The maximum atomic E-state index is 13.2. The van der Waals surface area contributed by atoms with E-state index in [0.717, 1.165) is 5.56 Å². The third-order valence-electron chi connectivity index (χ3n) is 6.66. The average Bonchev–Trinajstić information content (AvgIpc) is 3.18. The standard InChI is InChI=1S/C24H28ClN3O7/c1-5-26-22(30)18-11-13-10-14(25)6-8-17(13)27(18)20-16-12-15(28(31)32)7-9-19(16)35-24(2,21(20)29)23(33-3)34-4/h6-10,12,18,20-21,23,29H,5,11H2,1-4H3,(H,26,30)/t18-,20-,21+,24-/m0/s1. The number of carbonyl (C=O) groups excluding carboxylic acids is 1. The van der Waals surface area contributed by atoms with E-state index in [1.54, 1.807) is 30.0 Å². The van der Waals surface area contributed by atoms with Crippen LogP contribution in [0.2, 0.25) is 5.02 Å². The second-order valence-electron chi connectivity index (χ2n) is 8.75. The molecule has 0 fully saturated rings. The molecule has 0 aromatic heterocycles. The van der Waals surface area contributed by atoms with Crippen molar-refractivity contribution in [3.05, 3.63) is 62.7 Å². The zero-order valence-electron chi connectivity index (χ0n) is 19.9. The molecule has 0 aliphatic carbocycles. The number of non-ortho nitro benzene ring substituents is 1. The third-order valence-corrected chi connectivity index (χ3v) is 6.89. The molecule has 2 aromatic carbocycles. The van der Waals surface area contributed by atoms with Crippen LogP contribution in [0, 0.1) is 10.1 Å². The number of benzene rings is 2. The van der Waals surface area contributed by atoms with Crippen molar-refractivity contribution in [2.75, 3.05) is 25.7 Å². The number of amides is 1. The molecule has 0 saturated heterocycles. The highest BCUT2D eigenvalue weighted by Gasteiger charge is 2.56. The molecule has 10 nitrogen and oxygen atoms in total. The first-order valence-electron chi connectivity index (χ1n) is 11.2. The summed E-state index contributed by atoms with van der Waals surface area (Å²) in [6.07, 6.45) is -1.93. The predicted molar refractivity (Wildman–Crippen MR) is 129 cm³/mol. The van der Waals surface area contributed by atoms with Crippen molar-refractivity contribution >= 4 is 28.9 Å². The first kappa shape index (κ1) is 25.2. The molecule has 2 heterocycles. The van der Waals surface area contributed by atoms with E-state index >= 15 is 0 Å². The molecule has 2 aliphatic rings. The van der Waals surface area contributed by atoms with Gasteiger partial charge in [0, 0.05) is 55.6 Å². The summed E-state index contributed by atoms with van der Waals surface area (Å²) in [7, 11) is 2.86. The van der Waals surface area contributed by atoms with E-state index in [0.29, 0.717) is 35.0 Å².